The van der Waals surface area contributed by atoms with E-state index in [9.17, 15) is 0 Å². The maximum atomic E-state index is 7.56. The predicted octanol–water partition coefficient (Wildman–Crippen LogP) is 2.06. The molecule has 25 heavy (non-hydrogen) atoms. The third-order valence-electron chi connectivity index (χ3n) is 0.607. The van der Waals surface area contributed by atoms with Crippen LogP contribution in [-0.4, -0.2) is 29.4 Å². The van der Waals surface area contributed by atoms with Crippen molar-refractivity contribution < 1.29 is 48.8 Å². The first kappa shape index (κ1) is 40.5. The Morgan fingerprint density at radius 1 is 0.800 bits per heavy atom. The summed E-state index contributed by atoms with van der Waals surface area (Å²) in [5.74, 6) is 0. The van der Waals surface area contributed by atoms with Gasteiger partial charge in [-0.3, -0.25) is 7.05 Å². The fourth-order valence-corrected chi connectivity index (χ4v) is 0.342. The zero-order valence-corrected chi connectivity index (χ0v) is 21.0. The van der Waals surface area contributed by atoms with Crippen molar-refractivity contribution in [1.82, 2.24) is 0 Å². The second-order valence-electron chi connectivity index (χ2n) is 3.10. The minimum atomic E-state index is -3.81. The van der Waals surface area contributed by atoms with Gasteiger partial charge < -0.3 is 48.9 Å². The fraction of sp³-hybridized carbons (Fsp3) is 0.308. The molecule has 0 atom stereocenters. The van der Waals surface area contributed by atoms with Gasteiger partial charge in [0, 0.05) is 19.5 Å². The van der Waals surface area contributed by atoms with Crippen LogP contribution in [0.1, 0.15) is 26.7 Å². The van der Waals surface area contributed by atoms with Gasteiger partial charge in [0.05, 0.1) is 0 Å². The van der Waals surface area contributed by atoms with Gasteiger partial charge >= 0.3 is 13.4 Å². The molecule has 0 heterocycles. The molecule has 12 heteroatoms. The molecule has 0 amide bonds. The summed E-state index contributed by atoms with van der Waals surface area (Å²) < 4.78 is 0. The first-order chi connectivity index (χ1) is 10.8. The Kier molecular flexibility index (Phi) is 52.7. The molecule has 1 aromatic carbocycles. The van der Waals surface area contributed by atoms with Crippen LogP contribution in [0.15, 0.2) is 30.3 Å². The van der Waals surface area contributed by atoms with Crippen molar-refractivity contribution in [2.24, 2.45) is 5.73 Å². The maximum absolute atomic E-state index is 7.56. The zero-order valence-electron chi connectivity index (χ0n) is 14.6. The molecule has 8 N–H and O–H groups in total. The van der Waals surface area contributed by atoms with Crippen LogP contribution in [-0.2, 0) is 43.1 Å². The maximum Gasteiger partial charge on any atom is 0.319 e. The quantitative estimate of drug-likeness (QED) is 0.166. The van der Waals surface area contributed by atoms with Crippen LogP contribution < -0.4 is 5.73 Å². The van der Waals surface area contributed by atoms with Gasteiger partial charge in [0.15, 0.2) is 0 Å². The Labute approximate surface area is 175 Å². The molecule has 150 valence electrons. The van der Waals surface area contributed by atoms with Gasteiger partial charge in [0.1, 0.15) is 0 Å². The van der Waals surface area contributed by atoms with E-state index in [1.807, 2.05) is 44.2 Å². The van der Waals surface area contributed by atoms with Gasteiger partial charge in [-0.25, -0.2) is 0 Å². The van der Waals surface area contributed by atoms with Gasteiger partial charge in [-0.2, -0.15) is 49.2 Å². The van der Waals surface area contributed by atoms with Crippen LogP contribution in [0.2, 0.25) is 0 Å². The first-order valence-corrected chi connectivity index (χ1v) is 11.6. The monoisotopic (exact) mass is 485 g/mol. The minimum absolute atomic E-state index is 0. The zero-order chi connectivity index (χ0) is 20.7. The van der Waals surface area contributed by atoms with E-state index in [-0.39, 0.29) is 19.5 Å². The van der Waals surface area contributed by atoms with E-state index in [4.69, 9.17) is 29.4 Å². The summed E-state index contributed by atoms with van der Waals surface area (Å²) in [6, 6.07) is 12.5. The van der Waals surface area contributed by atoms with Crippen LogP contribution >= 0.6 is 13.4 Å². The number of nitrogens with two attached hydrogens (primary N) is 1. The van der Waals surface area contributed by atoms with Crippen LogP contribution in [0.4, 0.5) is 0 Å². The average Bonchev–Trinajstić information content (AvgIpc) is 2.41. The SMILES string of the molecule is OP(O)(O)=S.OP(O)(O)=S.[CH2-]CC.[CH2-]CC.[CH2-]N.[Zn].[c-]1ccccc1. The Morgan fingerprint density at radius 3 is 1.00 bits per heavy atom. The summed E-state index contributed by atoms with van der Waals surface area (Å²) in [6.07, 6.45) is 2.00. The van der Waals surface area contributed by atoms with Crippen molar-refractivity contribution in [2.75, 3.05) is 0 Å². The van der Waals surface area contributed by atoms with Crippen molar-refractivity contribution in [1.29, 1.82) is 0 Å². The Hall–Kier alpha value is 0.863. The van der Waals surface area contributed by atoms with Gasteiger partial charge in [-0.1, -0.05) is 13.8 Å². The van der Waals surface area contributed by atoms with E-state index in [2.05, 4.69) is 56.3 Å². The van der Waals surface area contributed by atoms with Crippen LogP contribution in [0.25, 0.3) is 0 Å². The van der Waals surface area contributed by atoms with E-state index in [1.165, 1.54) is 0 Å². The largest absolute Gasteiger partial charge is 0.486 e. The molecule has 0 bridgehead atoms. The molecule has 1 rings (SSSR count). The summed E-state index contributed by atoms with van der Waals surface area (Å²) in [4.78, 5) is 45.3. The van der Waals surface area contributed by atoms with Crippen LogP contribution in [0.5, 0.6) is 0 Å². The summed E-state index contributed by atoms with van der Waals surface area (Å²) >= 11 is 7.21. The molecule has 0 aliphatic heterocycles. The Bertz CT molecular complexity index is 328. The molecule has 0 aliphatic rings. The molecule has 0 saturated carbocycles. The first-order valence-electron chi connectivity index (χ1n) is 6.30. The fourth-order valence-electron chi connectivity index (χ4n) is 0.342. The van der Waals surface area contributed by atoms with Crippen molar-refractivity contribution in [2.45, 2.75) is 26.7 Å². The number of rotatable bonds is 0. The summed E-state index contributed by atoms with van der Waals surface area (Å²) in [6.45, 7) is 3.39. The van der Waals surface area contributed by atoms with E-state index < -0.39 is 13.4 Å². The van der Waals surface area contributed by atoms with Gasteiger partial charge in [0.25, 0.3) is 0 Å². The van der Waals surface area contributed by atoms with Crippen molar-refractivity contribution in [3.05, 3.63) is 57.3 Å². The summed E-state index contributed by atoms with van der Waals surface area (Å²) in [5, 5.41) is 0. The van der Waals surface area contributed by atoms with E-state index >= 15 is 0 Å². The third kappa shape index (κ3) is 276. The van der Waals surface area contributed by atoms with Crippen molar-refractivity contribution in [3.63, 3.8) is 0 Å². The molecule has 7 nitrogen and oxygen atoms in total. The molecule has 0 unspecified atom stereocenters. The molecule has 0 spiro atoms. The van der Waals surface area contributed by atoms with Crippen LogP contribution in [0.3, 0.4) is 0 Å². The van der Waals surface area contributed by atoms with E-state index in [0.29, 0.717) is 0 Å². The van der Waals surface area contributed by atoms with Crippen molar-refractivity contribution >= 4 is 37.1 Å². The smallest absolute Gasteiger partial charge is 0.319 e. The molecule has 0 fully saturated rings. The molecule has 1 aromatic rings. The van der Waals surface area contributed by atoms with Crippen molar-refractivity contribution in [3.8, 4) is 0 Å². The molecular weight excluding hydrogens is 458 g/mol. The molecule has 0 saturated heterocycles. The van der Waals surface area contributed by atoms with E-state index in [1.54, 1.807) is 0 Å². The van der Waals surface area contributed by atoms with Crippen LogP contribution in [0, 0.1) is 27.0 Å². The predicted molar refractivity (Wildman–Crippen MR) is 108 cm³/mol. The van der Waals surface area contributed by atoms with E-state index in [0.717, 1.165) is 12.8 Å². The minimum Gasteiger partial charge on any atom is -0.486 e. The Balaban J connectivity index is -0.0000000447. The summed E-state index contributed by atoms with van der Waals surface area (Å²) in [5.41, 5.74) is 4.25. The normalized spacial score (nSPS) is 8.32. The van der Waals surface area contributed by atoms with Gasteiger partial charge in [-0.15, -0.1) is 0 Å². The molecule has 0 aliphatic carbocycles. The topological polar surface area (TPSA) is 147 Å². The number of hydrogen-bond acceptors (Lipinski definition) is 3. The Morgan fingerprint density at radius 2 is 0.960 bits per heavy atom. The second-order valence-corrected chi connectivity index (χ2v) is 8.10. The molecular formula is C13H29NO6P2S2Zn-4. The standard InChI is InChI=1S/C6H5.2C3H7.CH4N.2H3O3PS.Zn/c1-2-4-6-5-3-1;2*1-3-2;1-2;2*1-4(2,3)5;/h1-5H;2*1,3H2,2H3;1-2H2;2*(H3,1,2,3,5);/q4*-1;;;. The number of benzene rings is 1. The second kappa shape index (κ2) is 32.5. The van der Waals surface area contributed by atoms with Gasteiger partial charge in [0.2, 0.25) is 0 Å². The third-order valence-corrected chi connectivity index (χ3v) is 0.607. The summed E-state index contributed by atoms with van der Waals surface area (Å²) in [7, 11) is 2.75. The van der Waals surface area contributed by atoms with Gasteiger partial charge in [-0.05, 0) is 23.6 Å². The molecule has 0 aromatic heterocycles. The average molecular weight is 487 g/mol. The number of hydrogen-bond donors (Lipinski definition) is 7. The molecule has 0 radical (unpaired) electrons.